The molecule has 2 aromatic carbocycles. The van der Waals surface area contributed by atoms with Crippen LogP contribution in [0.5, 0.6) is 0 Å². The number of ether oxygens (including phenoxy) is 1. The molecule has 0 saturated carbocycles. The second-order valence-corrected chi connectivity index (χ2v) is 7.07. The number of nitrogens with zero attached hydrogens (tertiary/aromatic N) is 3. The molecule has 2 heterocycles. The predicted molar refractivity (Wildman–Crippen MR) is 110 cm³/mol. The third kappa shape index (κ3) is 3.87. The quantitative estimate of drug-likeness (QED) is 0.724. The first-order chi connectivity index (χ1) is 13.6. The minimum absolute atomic E-state index is 0.178. The minimum Gasteiger partial charge on any atom is -0.381 e. The van der Waals surface area contributed by atoms with Crippen LogP contribution in [-0.2, 0) is 11.3 Å². The molecule has 3 aromatic rings. The van der Waals surface area contributed by atoms with Crippen LogP contribution >= 0.6 is 0 Å². The second kappa shape index (κ2) is 8.02. The third-order valence-corrected chi connectivity index (χ3v) is 5.26. The fraction of sp³-hybridized carbons (Fsp3) is 0.318. The maximum atomic E-state index is 14.5. The van der Waals surface area contributed by atoms with Gasteiger partial charge in [-0.2, -0.15) is 0 Å². The molecule has 28 heavy (non-hydrogen) atoms. The summed E-state index contributed by atoms with van der Waals surface area (Å²) in [7, 11) is 0. The van der Waals surface area contributed by atoms with Crippen LogP contribution < -0.4 is 10.2 Å². The summed E-state index contributed by atoms with van der Waals surface area (Å²) in [5.74, 6) is -0.178. The highest BCUT2D eigenvalue weighted by molar-refractivity contribution is 5.52. The van der Waals surface area contributed by atoms with Gasteiger partial charge in [0.25, 0.3) is 0 Å². The van der Waals surface area contributed by atoms with Crippen LogP contribution in [0.15, 0.2) is 48.8 Å². The van der Waals surface area contributed by atoms with E-state index in [0.29, 0.717) is 25.4 Å². The Labute approximate surface area is 164 Å². The summed E-state index contributed by atoms with van der Waals surface area (Å²) in [5, 5.41) is 3.36. The lowest BCUT2D eigenvalue weighted by Crippen LogP contribution is -2.36. The molecule has 4 rings (SSSR count). The summed E-state index contributed by atoms with van der Waals surface area (Å²) >= 11 is 0. The highest BCUT2D eigenvalue weighted by atomic mass is 19.1. The Morgan fingerprint density at radius 2 is 1.82 bits per heavy atom. The van der Waals surface area contributed by atoms with Gasteiger partial charge in [-0.3, -0.25) is 0 Å². The van der Waals surface area contributed by atoms with Crippen molar-refractivity contribution in [2.75, 3.05) is 36.5 Å². The van der Waals surface area contributed by atoms with Crippen LogP contribution in [0.4, 0.5) is 15.8 Å². The van der Waals surface area contributed by atoms with Crippen molar-refractivity contribution in [2.24, 2.45) is 0 Å². The van der Waals surface area contributed by atoms with Gasteiger partial charge in [-0.1, -0.05) is 6.07 Å². The molecule has 1 aliphatic heterocycles. The van der Waals surface area contributed by atoms with Gasteiger partial charge in [0.1, 0.15) is 5.82 Å². The summed E-state index contributed by atoms with van der Waals surface area (Å²) in [6.07, 6.45) is 1.84. The van der Waals surface area contributed by atoms with Crippen molar-refractivity contribution in [3.63, 3.8) is 0 Å². The minimum atomic E-state index is -0.178. The number of hydrogen-bond acceptors (Lipinski definition) is 4. The first-order valence-electron chi connectivity index (χ1n) is 9.58. The lowest BCUT2D eigenvalue weighted by atomic mass is 10.1. The second-order valence-electron chi connectivity index (χ2n) is 7.07. The maximum absolute atomic E-state index is 14.5. The molecule has 0 aliphatic carbocycles. The van der Waals surface area contributed by atoms with E-state index in [1.165, 1.54) is 0 Å². The summed E-state index contributed by atoms with van der Waals surface area (Å²) in [6.45, 7) is 7.40. The van der Waals surface area contributed by atoms with Crippen LogP contribution in [0.1, 0.15) is 17.0 Å². The van der Waals surface area contributed by atoms with E-state index in [-0.39, 0.29) is 5.82 Å². The summed E-state index contributed by atoms with van der Waals surface area (Å²) in [4.78, 5) is 6.38. The average molecular weight is 380 g/mol. The molecule has 0 unspecified atom stereocenters. The number of halogens is 1. The Kier molecular flexibility index (Phi) is 5.30. The molecule has 5 nitrogen and oxygen atoms in total. The fourth-order valence-corrected chi connectivity index (χ4v) is 3.42. The number of aryl methyl sites for hydroxylation is 1. The molecule has 0 atom stereocenters. The largest absolute Gasteiger partial charge is 0.381 e. The van der Waals surface area contributed by atoms with Crippen molar-refractivity contribution in [1.82, 2.24) is 9.55 Å². The molecule has 0 spiro atoms. The van der Waals surface area contributed by atoms with Gasteiger partial charge >= 0.3 is 0 Å². The molecule has 1 saturated heterocycles. The van der Waals surface area contributed by atoms with Crippen molar-refractivity contribution in [3.05, 3.63) is 71.6 Å². The Balaban J connectivity index is 1.40. The normalized spacial score (nSPS) is 14.3. The van der Waals surface area contributed by atoms with E-state index >= 15 is 0 Å². The fourth-order valence-electron chi connectivity index (χ4n) is 3.42. The number of anilines is 2. The molecule has 1 fully saturated rings. The molecular formula is C22H25FN4O. The zero-order chi connectivity index (χ0) is 19.5. The van der Waals surface area contributed by atoms with Crippen molar-refractivity contribution in [1.29, 1.82) is 0 Å². The highest BCUT2D eigenvalue weighted by Crippen LogP contribution is 2.22. The van der Waals surface area contributed by atoms with E-state index in [4.69, 9.17) is 4.74 Å². The van der Waals surface area contributed by atoms with Crippen LogP contribution in [0.2, 0.25) is 0 Å². The molecule has 1 aliphatic rings. The number of hydrogen-bond donors (Lipinski definition) is 1. The van der Waals surface area contributed by atoms with Gasteiger partial charge in [-0.15, -0.1) is 0 Å². The van der Waals surface area contributed by atoms with E-state index in [0.717, 1.165) is 41.4 Å². The zero-order valence-electron chi connectivity index (χ0n) is 16.3. The van der Waals surface area contributed by atoms with Gasteiger partial charge < -0.3 is 19.5 Å². The van der Waals surface area contributed by atoms with E-state index in [9.17, 15) is 4.39 Å². The SMILES string of the molecule is Cc1ncn(-c2ccc(NCc3ccc(N4CCOCC4)c(F)c3)cc2)c1C. The van der Waals surface area contributed by atoms with Crippen molar-refractivity contribution in [2.45, 2.75) is 20.4 Å². The molecule has 1 aromatic heterocycles. The van der Waals surface area contributed by atoms with Crippen LogP contribution in [0.3, 0.4) is 0 Å². The Morgan fingerprint density at radius 1 is 1.07 bits per heavy atom. The molecular weight excluding hydrogens is 355 g/mol. The van der Waals surface area contributed by atoms with Crippen LogP contribution in [0.25, 0.3) is 5.69 Å². The zero-order valence-corrected chi connectivity index (χ0v) is 16.3. The molecule has 0 radical (unpaired) electrons. The van der Waals surface area contributed by atoms with Gasteiger partial charge in [0.05, 0.1) is 30.9 Å². The number of imidazole rings is 1. The number of nitrogens with one attached hydrogen (secondary N) is 1. The predicted octanol–water partition coefficient (Wildman–Crippen LogP) is 4.08. The van der Waals surface area contributed by atoms with Gasteiger partial charge in [0.2, 0.25) is 0 Å². The first-order valence-corrected chi connectivity index (χ1v) is 9.58. The smallest absolute Gasteiger partial charge is 0.146 e. The highest BCUT2D eigenvalue weighted by Gasteiger charge is 2.15. The summed E-state index contributed by atoms with van der Waals surface area (Å²) in [6, 6.07) is 13.6. The molecule has 146 valence electrons. The van der Waals surface area contributed by atoms with Crippen LogP contribution in [-0.4, -0.2) is 35.9 Å². The van der Waals surface area contributed by atoms with Crippen molar-refractivity contribution < 1.29 is 9.13 Å². The van der Waals surface area contributed by atoms with E-state index in [1.54, 1.807) is 6.07 Å². The van der Waals surface area contributed by atoms with Gasteiger partial charge in [0, 0.05) is 36.7 Å². The number of morpholine rings is 1. The monoisotopic (exact) mass is 380 g/mol. The number of rotatable bonds is 5. The maximum Gasteiger partial charge on any atom is 0.146 e. The lowest BCUT2D eigenvalue weighted by Gasteiger charge is -2.29. The molecule has 0 amide bonds. The first kappa shape index (κ1) is 18.5. The van der Waals surface area contributed by atoms with E-state index in [2.05, 4.69) is 33.9 Å². The summed E-state index contributed by atoms with van der Waals surface area (Å²) < 4.78 is 21.9. The average Bonchev–Trinajstić information content (AvgIpc) is 3.06. The Hall–Kier alpha value is -2.86. The molecule has 1 N–H and O–H groups in total. The van der Waals surface area contributed by atoms with E-state index in [1.807, 2.05) is 42.4 Å². The molecule has 0 bridgehead atoms. The van der Waals surface area contributed by atoms with Gasteiger partial charge in [-0.05, 0) is 55.8 Å². The van der Waals surface area contributed by atoms with Gasteiger partial charge in [0.15, 0.2) is 0 Å². The lowest BCUT2D eigenvalue weighted by molar-refractivity contribution is 0.122. The van der Waals surface area contributed by atoms with Crippen molar-refractivity contribution >= 4 is 11.4 Å². The van der Waals surface area contributed by atoms with Crippen molar-refractivity contribution in [3.8, 4) is 5.69 Å². The topological polar surface area (TPSA) is 42.3 Å². The third-order valence-electron chi connectivity index (χ3n) is 5.26. The van der Waals surface area contributed by atoms with Crippen LogP contribution in [0, 0.1) is 19.7 Å². The molecule has 6 heteroatoms. The Bertz CT molecular complexity index is 946. The van der Waals surface area contributed by atoms with E-state index < -0.39 is 0 Å². The number of aromatic nitrogens is 2. The standard InChI is InChI=1S/C22H25FN4O/c1-16-17(2)27(15-25-16)20-6-4-19(5-7-20)24-14-18-3-8-22(21(23)13-18)26-9-11-28-12-10-26/h3-8,13,15,24H,9-12,14H2,1-2H3. The number of benzene rings is 2. The summed E-state index contributed by atoms with van der Waals surface area (Å²) in [5.41, 5.74) is 5.81. The van der Waals surface area contributed by atoms with Gasteiger partial charge in [-0.25, -0.2) is 9.37 Å². The Morgan fingerprint density at radius 3 is 2.46 bits per heavy atom.